The van der Waals surface area contributed by atoms with Crippen LogP contribution in [0.5, 0.6) is 5.75 Å². The number of methoxy groups -OCH3 is 1. The Kier molecular flexibility index (Phi) is 8.53. The fourth-order valence-electron chi connectivity index (χ4n) is 3.76. The summed E-state index contributed by atoms with van der Waals surface area (Å²) in [6, 6.07) is 13.3. The van der Waals surface area contributed by atoms with Crippen molar-refractivity contribution in [3.05, 3.63) is 54.1 Å². The van der Waals surface area contributed by atoms with E-state index in [2.05, 4.69) is 5.32 Å². The molecule has 2 aromatic rings. The lowest BCUT2D eigenvalue weighted by atomic mass is 10.2. The van der Waals surface area contributed by atoms with Crippen LogP contribution in [-0.2, 0) is 19.6 Å². The molecule has 0 aromatic heterocycles. The summed E-state index contributed by atoms with van der Waals surface area (Å²) in [6.45, 7) is 2.55. The van der Waals surface area contributed by atoms with E-state index in [1.54, 1.807) is 48.5 Å². The molecule has 32 heavy (non-hydrogen) atoms. The third kappa shape index (κ3) is 6.23. The monoisotopic (exact) mass is 460 g/mol. The number of nitrogens with zero attached hydrogens (tertiary/aromatic N) is 1. The van der Waals surface area contributed by atoms with Gasteiger partial charge in [-0.05, 0) is 50.5 Å². The maximum atomic E-state index is 13.4. The molecule has 0 radical (unpaired) electrons. The van der Waals surface area contributed by atoms with Gasteiger partial charge in [0.1, 0.15) is 12.3 Å². The van der Waals surface area contributed by atoms with Crippen LogP contribution in [0.1, 0.15) is 37.7 Å². The number of sulfonamides is 1. The second kappa shape index (κ2) is 11.3. The highest BCUT2D eigenvalue weighted by atomic mass is 32.2. The van der Waals surface area contributed by atoms with E-state index in [-0.39, 0.29) is 17.3 Å². The summed E-state index contributed by atoms with van der Waals surface area (Å²) in [4.78, 5) is 12.8. The summed E-state index contributed by atoms with van der Waals surface area (Å²) < 4.78 is 39.2. The second-order valence-corrected chi connectivity index (χ2v) is 9.84. The average Bonchev–Trinajstić information content (AvgIpc) is 3.31. The van der Waals surface area contributed by atoms with Crippen molar-refractivity contribution in [1.82, 2.24) is 5.32 Å². The second-order valence-electron chi connectivity index (χ2n) is 7.98. The Morgan fingerprint density at radius 1 is 1.09 bits per heavy atom. The smallest absolute Gasteiger partial charge is 0.264 e. The molecule has 0 bridgehead atoms. The van der Waals surface area contributed by atoms with Gasteiger partial charge in [-0.1, -0.05) is 42.7 Å². The lowest BCUT2D eigenvalue weighted by Crippen LogP contribution is -2.41. The van der Waals surface area contributed by atoms with Gasteiger partial charge in [0.05, 0.1) is 23.8 Å². The van der Waals surface area contributed by atoms with Crippen LogP contribution < -0.4 is 14.4 Å². The van der Waals surface area contributed by atoms with Gasteiger partial charge >= 0.3 is 0 Å². The Labute approximate surface area is 190 Å². The lowest BCUT2D eigenvalue weighted by molar-refractivity contribution is -0.119. The molecule has 0 aliphatic heterocycles. The first-order valence-electron chi connectivity index (χ1n) is 11.0. The van der Waals surface area contributed by atoms with Crippen LogP contribution in [0, 0.1) is 6.92 Å². The quantitative estimate of drug-likeness (QED) is 0.517. The van der Waals surface area contributed by atoms with Crippen molar-refractivity contribution in [3.8, 4) is 5.75 Å². The molecule has 0 heterocycles. The highest BCUT2D eigenvalue weighted by Crippen LogP contribution is 2.32. The molecule has 0 atom stereocenters. The number of rotatable bonds is 11. The van der Waals surface area contributed by atoms with Crippen LogP contribution in [0.4, 0.5) is 5.69 Å². The maximum absolute atomic E-state index is 13.4. The molecule has 2 aromatic carbocycles. The van der Waals surface area contributed by atoms with E-state index in [0.29, 0.717) is 37.1 Å². The number of benzene rings is 2. The Morgan fingerprint density at radius 3 is 2.47 bits per heavy atom. The van der Waals surface area contributed by atoms with E-state index in [0.717, 1.165) is 22.7 Å². The fraction of sp³-hybridized carbons (Fsp3) is 0.458. The van der Waals surface area contributed by atoms with Gasteiger partial charge in [0, 0.05) is 13.2 Å². The molecular weight excluding hydrogens is 428 g/mol. The summed E-state index contributed by atoms with van der Waals surface area (Å²) in [6.07, 6.45) is 5.67. The van der Waals surface area contributed by atoms with Gasteiger partial charge in [0.2, 0.25) is 5.91 Å². The van der Waals surface area contributed by atoms with E-state index in [1.807, 2.05) is 6.92 Å². The van der Waals surface area contributed by atoms with Crippen LogP contribution in [0.15, 0.2) is 53.4 Å². The third-order valence-corrected chi connectivity index (χ3v) is 7.32. The number of hydrogen-bond acceptors (Lipinski definition) is 5. The van der Waals surface area contributed by atoms with Gasteiger partial charge in [0.25, 0.3) is 10.0 Å². The molecule has 1 amide bonds. The van der Waals surface area contributed by atoms with E-state index >= 15 is 0 Å². The van der Waals surface area contributed by atoms with Crippen LogP contribution in [0.3, 0.4) is 0 Å². The highest BCUT2D eigenvalue weighted by molar-refractivity contribution is 7.92. The molecule has 0 unspecified atom stereocenters. The van der Waals surface area contributed by atoms with Gasteiger partial charge < -0.3 is 14.8 Å². The average molecular weight is 461 g/mol. The SMILES string of the molecule is COc1ccccc1N(CC(=O)NCCCOC1CCCC1)S(=O)(=O)c1ccc(C)cc1. The Balaban J connectivity index is 1.69. The molecule has 0 spiro atoms. The Hall–Kier alpha value is -2.58. The van der Waals surface area contributed by atoms with Gasteiger partial charge in [-0.3, -0.25) is 9.10 Å². The van der Waals surface area contributed by atoms with E-state index in [4.69, 9.17) is 9.47 Å². The molecule has 174 valence electrons. The van der Waals surface area contributed by atoms with Crippen LogP contribution >= 0.6 is 0 Å². The normalized spacial score (nSPS) is 14.3. The summed E-state index contributed by atoms with van der Waals surface area (Å²) in [7, 11) is -2.50. The molecular formula is C24H32N2O5S. The molecule has 0 saturated heterocycles. The number of para-hydroxylation sites is 2. The zero-order valence-electron chi connectivity index (χ0n) is 18.7. The number of carbonyl (C=O) groups excluding carboxylic acids is 1. The fourth-order valence-corrected chi connectivity index (χ4v) is 5.20. The predicted molar refractivity (Wildman–Crippen MR) is 125 cm³/mol. The first-order valence-corrected chi connectivity index (χ1v) is 12.5. The molecule has 1 saturated carbocycles. The van der Waals surface area contributed by atoms with Crippen molar-refractivity contribution < 1.29 is 22.7 Å². The van der Waals surface area contributed by atoms with Crippen molar-refractivity contribution in [1.29, 1.82) is 0 Å². The number of nitrogens with one attached hydrogen (secondary N) is 1. The number of anilines is 1. The molecule has 7 nitrogen and oxygen atoms in total. The standard InChI is InChI=1S/C24H32N2O5S/c1-19-12-14-21(15-13-19)32(28,29)26(22-10-5-6-11-23(22)30-2)18-24(27)25-16-7-17-31-20-8-3-4-9-20/h5-6,10-15,20H,3-4,7-9,16-18H2,1-2H3,(H,25,27). The number of ether oxygens (including phenoxy) is 2. The van der Waals surface area contributed by atoms with Gasteiger partial charge in [-0.15, -0.1) is 0 Å². The Bertz CT molecular complexity index is 986. The maximum Gasteiger partial charge on any atom is 0.264 e. The van der Waals surface area contributed by atoms with Crippen molar-refractivity contribution in [2.24, 2.45) is 0 Å². The van der Waals surface area contributed by atoms with Crippen molar-refractivity contribution in [3.63, 3.8) is 0 Å². The first kappa shape index (κ1) is 24.1. The summed E-state index contributed by atoms with van der Waals surface area (Å²) in [5.74, 6) is -0.00610. The van der Waals surface area contributed by atoms with E-state index in [9.17, 15) is 13.2 Å². The lowest BCUT2D eigenvalue weighted by Gasteiger charge is -2.25. The zero-order valence-corrected chi connectivity index (χ0v) is 19.6. The molecule has 1 N–H and O–H groups in total. The van der Waals surface area contributed by atoms with Crippen molar-refractivity contribution in [2.45, 2.75) is 50.0 Å². The van der Waals surface area contributed by atoms with E-state index < -0.39 is 10.0 Å². The summed E-state index contributed by atoms with van der Waals surface area (Å²) >= 11 is 0. The molecule has 1 aliphatic rings. The molecule has 3 rings (SSSR count). The minimum Gasteiger partial charge on any atom is -0.495 e. The number of aryl methyl sites for hydroxylation is 1. The molecule has 1 fully saturated rings. The number of amides is 1. The zero-order chi connectivity index (χ0) is 23.0. The highest BCUT2D eigenvalue weighted by Gasteiger charge is 2.29. The molecule has 1 aliphatic carbocycles. The van der Waals surface area contributed by atoms with Gasteiger partial charge in [0.15, 0.2) is 0 Å². The topological polar surface area (TPSA) is 84.9 Å². The van der Waals surface area contributed by atoms with Crippen LogP contribution in [0.25, 0.3) is 0 Å². The molecule has 8 heteroatoms. The first-order chi connectivity index (χ1) is 15.4. The minimum atomic E-state index is -3.98. The summed E-state index contributed by atoms with van der Waals surface area (Å²) in [5, 5.41) is 2.81. The minimum absolute atomic E-state index is 0.117. The number of hydrogen-bond donors (Lipinski definition) is 1. The van der Waals surface area contributed by atoms with Crippen LogP contribution in [-0.4, -0.2) is 47.2 Å². The van der Waals surface area contributed by atoms with Gasteiger partial charge in [-0.2, -0.15) is 0 Å². The summed E-state index contributed by atoms with van der Waals surface area (Å²) in [5.41, 5.74) is 1.26. The largest absolute Gasteiger partial charge is 0.495 e. The van der Waals surface area contributed by atoms with Crippen molar-refractivity contribution >= 4 is 21.6 Å². The Morgan fingerprint density at radius 2 is 1.78 bits per heavy atom. The number of carbonyl (C=O) groups is 1. The van der Waals surface area contributed by atoms with E-state index in [1.165, 1.54) is 20.0 Å². The van der Waals surface area contributed by atoms with Crippen molar-refractivity contribution in [2.75, 3.05) is 31.1 Å². The predicted octanol–water partition coefficient (Wildman–Crippen LogP) is 3.66. The van der Waals surface area contributed by atoms with Gasteiger partial charge in [-0.25, -0.2) is 8.42 Å². The van der Waals surface area contributed by atoms with Crippen LogP contribution in [0.2, 0.25) is 0 Å². The third-order valence-electron chi connectivity index (χ3n) is 5.55.